The van der Waals surface area contributed by atoms with E-state index in [2.05, 4.69) is 61.6 Å². The van der Waals surface area contributed by atoms with Crippen LogP contribution in [0.1, 0.15) is 182 Å². The predicted octanol–water partition coefficient (Wildman–Crippen LogP) is 13.8. The van der Waals surface area contributed by atoms with Crippen molar-refractivity contribution in [1.82, 2.24) is 0 Å². The van der Waals surface area contributed by atoms with Crippen molar-refractivity contribution in [3.8, 4) is 5.40 Å². The predicted molar refractivity (Wildman–Crippen MR) is 214 cm³/mol. The van der Waals surface area contributed by atoms with E-state index in [4.69, 9.17) is 5.26 Å². The van der Waals surface area contributed by atoms with E-state index in [0.717, 1.165) is 76.0 Å². The maximum Gasteiger partial charge on any atom is 2.00 e. The van der Waals surface area contributed by atoms with Gasteiger partial charge in [0.05, 0.1) is 0 Å². The molecule has 4 heterocycles. The number of piperidine rings is 4. The number of hydrogen-bond acceptors (Lipinski definition) is 2. The van der Waals surface area contributed by atoms with Crippen LogP contribution in [0.15, 0.2) is 0 Å². The molecule has 0 aromatic heterocycles. The number of hydrogen-bond donors (Lipinski definition) is 1. The van der Waals surface area contributed by atoms with E-state index in [0.29, 0.717) is 0 Å². The summed E-state index contributed by atoms with van der Waals surface area (Å²) < 4.78 is 0. The standard InChI is InChI=1S/4C10H20N.CHNS.Zn/c4*1-2-3-4-5-10-6-8-11-9-7-10;2-1-3;/h4*10H,2-9H2,1H3;3H;/q4*-1;;+2. The van der Waals surface area contributed by atoms with Crippen LogP contribution in [0.5, 0.6) is 0 Å². The maximum absolute atomic E-state index is 7.18. The van der Waals surface area contributed by atoms with Crippen LogP contribution in [0.3, 0.4) is 0 Å². The third-order valence-corrected chi connectivity index (χ3v) is 10.4. The van der Waals surface area contributed by atoms with Crippen molar-refractivity contribution in [3.05, 3.63) is 21.3 Å². The number of thiocyanates is 1. The first-order valence-corrected chi connectivity index (χ1v) is 21.2. The van der Waals surface area contributed by atoms with E-state index >= 15 is 0 Å². The van der Waals surface area contributed by atoms with Gasteiger partial charge in [0.15, 0.2) is 0 Å². The normalized spacial score (nSPS) is 18.9. The van der Waals surface area contributed by atoms with Crippen molar-refractivity contribution in [2.24, 2.45) is 23.7 Å². The van der Waals surface area contributed by atoms with Gasteiger partial charge in [0.2, 0.25) is 0 Å². The van der Waals surface area contributed by atoms with Crippen molar-refractivity contribution in [2.75, 3.05) is 52.4 Å². The Bertz CT molecular complexity index is 529. The van der Waals surface area contributed by atoms with Crippen LogP contribution in [0.2, 0.25) is 0 Å². The summed E-state index contributed by atoms with van der Waals surface area (Å²) in [6.07, 6.45) is 33.7. The number of unbranched alkanes of at least 4 members (excludes halogenated alkanes) is 8. The summed E-state index contributed by atoms with van der Waals surface area (Å²) in [5, 5.41) is 26.1. The molecule has 4 fully saturated rings. The molecule has 5 nitrogen and oxygen atoms in total. The second-order valence-corrected chi connectivity index (χ2v) is 14.7. The monoisotopic (exact) mass is 740 g/mol. The van der Waals surface area contributed by atoms with Gasteiger partial charge in [-0.1, -0.05) is 194 Å². The maximum atomic E-state index is 7.18. The van der Waals surface area contributed by atoms with Crippen LogP contribution in [-0.2, 0) is 19.5 Å². The first kappa shape index (κ1) is 50.4. The summed E-state index contributed by atoms with van der Waals surface area (Å²) >= 11 is 3.09. The Morgan fingerprint density at radius 1 is 0.417 bits per heavy atom. The summed E-state index contributed by atoms with van der Waals surface area (Å²) in [6, 6.07) is 0. The molecular weight excluding hydrogens is 660 g/mol. The molecule has 0 atom stereocenters. The van der Waals surface area contributed by atoms with Gasteiger partial charge in [-0.3, -0.25) is 0 Å². The van der Waals surface area contributed by atoms with E-state index in [1.165, 1.54) is 160 Å². The van der Waals surface area contributed by atoms with Gasteiger partial charge in [-0.15, -0.1) is 52.4 Å². The minimum atomic E-state index is 0. The molecule has 0 spiro atoms. The molecule has 48 heavy (non-hydrogen) atoms. The zero-order chi connectivity index (χ0) is 34.5. The van der Waals surface area contributed by atoms with E-state index in [1.54, 1.807) is 0 Å². The first-order chi connectivity index (χ1) is 23.1. The minimum absolute atomic E-state index is 0. The molecule has 0 bridgehead atoms. The van der Waals surface area contributed by atoms with Gasteiger partial charge >= 0.3 is 19.5 Å². The second-order valence-electron chi connectivity index (χ2n) is 14.5. The molecule has 7 heteroatoms. The van der Waals surface area contributed by atoms with Gasteiger partial charge in [-0.25, -0.2) is 0 Å². The molecule has 4 saturated heterocycles. The number of thiol groups is 1. The van der Waals surface area contributed by atoms with Gasteiger partial charge in [0, 0.05) is 0 Å². The zero-order valence-electron chi connectivity index (χ0n) is 32.8. The molecular formula is C41H81N5SZn-2. The Labute approximate surface area is 320 Å². The SMILES string of the molecule is CCCCCC1CC[N-]CC1.CCCCCC1CC[N-]CC1.CCCCCC1CC[N-]CC1.CCCCCC1CC[N-]CC1.N#CS.[Zn+2]. The fraction of sp³-hybridized carbons (Fsp3) is 0.976. The Morgan fingerprint density at radius 2 is 0.583 bits per heavy atom. The van der Waals surface area contributed by atoms with Crippen molar-refractivity contribution >= 4 is 12.6 Å². The number of nitrogens with zero attached hydrogens (tertiary/aromatic N) is 5. The van der Waals surface area contributed by atoms with E-state index in [9.17, 15) is 0 Å². The van der Waals surface area contributed by atoms with Gasteiger partial charge in [0.1, 0.15) is 5.40 Å². The van der Waals surface area contributed by atoms with Gasteiger partial charge in [-0.2, -0.15) is 5.26 Å². The summed E-state index contributed by atoms with van der Waals surface area (Å²) in [5.41, 5.74) is 0. The van der Waals surface area contributed by atoms with Crippen LogP contribution in [0, 0.1) is 34.3 Å². The van der Waals surface area contributed by atoms with Crippen LogP contribution in [0.4, 0.5) is 0 Å². The fourth-order valence-electron chi connectivity index (χ4n) is 7.10. The first-order valence-electron chi connectivity index (χ1n) is 20.7. The fourth-order valence-corrected chi connectivity index (χ4v) is 7.10. The molecule has 0 saturated carbocycles. The third-order valence-electron chi connectivity index (χ3n) is 10.4. The summed E-state index contributed by atoms with van der Waals surface area (Å²) in [6.45, 7) is 18.2. The van der Waals surface area contributed by atoms with Crippen molar-refractivity contribution < 1.29 is 19.5 Å². The molecule has 0 radical (unpaired) electrons. The van der Waals surface area contributed by atoms with E-state index in [1.807, 2.05) is 0 Å². The minimum Gasteiger partial charge on any atom is -0.662 e. The summed E-state index contributed by atoms with van der Waals surface area (Å²) in [4.78, 5) is 0. The molecule has 0 unspecified atom stereocenters. The Hall–Kier alpha value is 0.303. The molecule has 280 valence electrons. The molecule has 4 aliphatic heterocycles. The Kier molecular flexibility index (Phi) is 43.8. The van der Waals surface area contributed by atoms with Crippen LogP contribution in [-0.4, -0.2) is 52.4 Å². The average molecular weight is 742 g/mol. The zero-order valence-corrected chi connectivity index (χ0v) is 36.7. The summed E-state index contributed by atoms with van der Waals surface area (Å²) in [5.74, 6) is 4.05. The molecule has 4 aliphatic rings. The molecule has 0 amide bonds. The largest absolute Gasteiger partial charge is 2.00 e. The Morgan fingerprint density at radius 3 is 0.729 bits per heavy atom. The van der Waals surface area contributed by atoms with Crippen LogP contribution in [0.25, 0.3) is 21.3 Å². The van der Waals surface area contributed by atoms with Gasteiger partial charge in [0.25, 0.3) is 0 Å². The number of nitriles is 1. The third kappa shape index (κ3) is 34.7. The van der Waals surface area contributed by atoms with Crippen molar-refractivity contribution in [3.63, 3.8) is 0 Å². The van der Waals surface area contributed by atoms with E-state index < -0.39 is 0 Å². The molecule has 0 aromatic rings. The molecule has 0 N–H and O–H groups in total. The quantitative estimate of drug-likeness (QED) is 0.0727. The number of rotatable bonds is 16. The molecule has 4 rings (SSSR count). The van der Waals surface area contributed by atoms with Crippen molar-refractivity contribution in [2.45, 2.75) is 182 Å². The molecule has 0 aliphatic carbocycles. The molecule has 0 aromatic carbocycles. The van der Waals surface area contributed by atoms with Gasteiger partial charge in [-0.05, 0) is 23.7 Å². The Balaban J connectivity index is 0. The van der Waals surface area contributed by atoms with Crippen LogP contribution >= 0.6 is 12.6 Å². The van der Waals surface area contributed by atoms with Crippen LogP contribution < -0.4 is 0 Å². The summed E-state index contributed by atoms with van der Waals surface area (Å²) in [7, 11) is 0. The van der Waals surface area contributed by atoms with Gasteiger partial charge < -0.3 is 21.3 Å². The average Bonchev–Trinajstić information content (AvgIpc) is 3.12. The van der Waals surface area contributed by atoms with E-state index in [-0.39, 0.29) is 19.5 Å². The smallest absolute Gasteiger partial charge is 0.662 e. The second kappa shape index (κ2) is 41.7. The van der Waals surface area contributed by atoms with Crippen molar-refractivity contribution in [1.29, 1.82) is 5.26 Å². The topological polar surface area (TPSA) is 80.2 Å².